The molecule has 1 heterocycles. The summed E-state index contributed by atoms with van der Waals surface area (Å²) in [4.78, 5) is 28.1. The van der Waals surface area contributed by atoms with Gasteiger partial charge in [-0.3, -0.25) is 9.59 Å². The van der Waals surface area contributed by atoms with E-state index in [4.69, 9.17) is 10.5 Å². The number of nitriles is 1. The van der Waals surface area contributed by atoms with Crippen molar-refractivity contribution in [3.63, 3.8) is 0 Å². The average molecular weight is 361 g/mol. The van der Waals surface area contributed by atoms with Crippen molar-refractivity contribution in [2.75, 3.05) is 12.4 Å². The summed E-state index contributed by atoms with van der Waals surface area (Å²) >= 11 is 1.16. The van der Waals surface area contributed by atoms with Crippen LogP contribution in [0.15, 0.2) is 27.7 Å². The quantitative estimate of drug-likeness (QED) is 0.578. The van der Waals surface area contributed by atoms with Gasteiger partial charge in [0.05, 0.1) is 24.0 Å². The molecule has 1 unspecified atom stereocenters. The summed E-state index contributed by atoms with van der Waals surface area (Å²) in [5, 5.41) is 10.3. The minimum atomic E-state index is -0.552. The Labute approximate surface area is 152 Å². The van der Waals surface area contributed by atoms with Crippen LogP contribution in [0.25, 0.3) is 0 Å². The van der Waals surface area contributed by atoms with E-state index in [0.29, 0.717) is 16.3 Å². The number of nitrogens with two attached hydrogens (primary N) is 1. The SMILES string of the molecule is CCOC(=O)C1C(C)=NC(SCC(N)=O)=C(C#N)[C@@H]1[C@@H]1CC=CCC1. The highest BCUT2D eigenvalue weighted by atomic mass is 32.2. The Hall–Kier alpha value is -2.07. The molecule has 0 fully saturated rings. The maximum atomic E-state index is 12.6. The largest absolute Gasteiger partial charge is 0.465 e. The molecule has 0 aromatic heterocycles. The van der Waals surface area contributed by atoms with Crippen molar-refractivity contribution in [1.82, 2.24) is 0 Å². The van der Waals surface area contributed by atoms with Crippen LogP contribution in [0.4, 0.5) is 0 Å². The summed E-state index contributed by atoms with van der Waals surface area (Å²) in [5.74, 6) is -1.41. The number of thioether (sulfide) groups is 1. The predicted molar refractivity (Wildman–Crippen MR) is 97.5 cm³/mol. The molecule has 0 bridgehead atoms. The van der Waals surface area contributed by atoms with Gasteiger partial charge >= 0.3 is 5.97 Å². The zero-order chi connectivity index (χ0) is 18.4. The zero-order valence-electron chi connectivity index (χ0n) is 14.5. The van der Waals surface area contributed by atoms with Crippen LogP contribution in [0.1, 0.15) is 33.1 Å². The number of ether oxygens (including phenoxy) is 1. The van der Waals surface area contributed by atoms with Crippen LogP contribution in [-0.4, -0.2) is 29.9 Å². The lowest BCUT2D eigenvalue weighted by atomic mass is 9.70. The fourth-order valence-electron chi connectivity index (χ4n) is 3.43. The van der Waals surface area contributed by atoms with E-state index < -0.39 is 11.8 Å². The zero-order valence-corrected chi connectivity index (χ0v) is 15.3. The van der Waals surface area contributed by atoms with E-state index in [0.717, 1.165) is 31.0 Å². The van der Waals surface area contributed by atoms with E-state index in [9.17, 15) is 14.9 Å². The number of nitrogens with zero attached hydrogens (tertiary/aromatic N) is 2. The molecule has 2 N–H and O–H groups in total. The Morgan fingerprint density at radius 1 is 1.48 bits per heavy atom. The van der Waals surface area contributed by atoms with E-state index in [1.165, 1.54) is 0 Å². The molecule has 7 heteroatoms. The van der Waals surface area contributed by atoms with Crippen molar-refractivity contribution >= 4 is 29.4 Å². The standard InChI is InChI=1S/C18H23N3O3S/c1-3-24-18(23)15-11(2)21-17(25-10-14(20)22)13(9-19)16(15)12-7-5-4-6-8-12/h4-5,12,15-16H,3,6-8,10H2,1-2H3,(H2,20,22)/t12-,15?,16+/m1/s1. The monoisotopic (exact) mass is 361 g/mol. The van der Waals surface area contributed by atoms with E-state index in [1.807, 2.05) is 0 Å². The molecule has 0 aromatic rings. The fourth-order valence-corrected chi connectivity index (χ4v) is 4.26. The van der Waals surface area contributed by atoms with Crippen LogP contribution >= 0.6 is 11.8 Å². The first-order valence-electron chi connectivity index (χ1n) is 8.41. The molecule has 2 rings (SSSR count). The number of carbonyl (C=O) groups is 2. The number of aliphatic imine (C=N–C) groups is 1. The van der Waals surface area contributed by atoms with Crippen molar-refractivity contribution in [1.29, 1.82) is 5.26 Å². The Morgan fingerprint density at radius 3 is 2.80 bits per heavy atom. The first-order chi connectivity index (χ1) is 12.0. The summed E-state index contributed by atoms with van der Waals surface area (Å²) < 4.78 is 5.25. The van der Waals surface area contributed by atoms with Crippen molar-refractivity contribution in [2.24, 2.45) is 28.5 Å². The van der Waals surface area contributed by atoms with Crippen LogP contribution < -0.4 is 5.73 Å². The molecule has 0 saturated carbocycles. The van der Waals surface area contributed by atoms with Gasteiger partial charge in [-0.1, -0.05) is 23.9 Å². The van der Waals surface area contributed by atoms with Gasteiger partial charge in [0.25, 0.3) is 0 Å². The molecule has 25 heavy (non-hydrogen) atoms. The van der Waals surface area contributed by atoms with Crippen molar-refractivity contribution in [3.05, 3.63) is 22.8 Å². The molecule has 1 aliphatic heterocycles. The van der Waals surface area contributed by atoms with Gasteiger partial charge in [0.2, 0.25) is 5.91 Å². The highest BCUT2D eigenvalue weighted by Crippen LogP contribution is 2.43. The van der Waals surface area contributed by atoms with E-state index >= 15 is 0 Å². The maximum Gasteiger partial charge on any atom is 0.315 e. The van der Waals surface area contributed by atoms with Gasteiger partial charge in [-0.15, -0.1) is 0 Å². The molecule has 0 saturated heterocycles. The third-order valence-corrected chi connectivity index (χ3v) is 5.49. The first kappa shape index (κ1) is 19.3. The van der Waals surface area contributed by atoms with Gasteiger partial charge in [-0.25, -0.2) is 4.99 Å². The number of hydrogen-bond donors (Lipinski definition) is 1. The van der Waals surface area contributed by atoms with Gasteiger partial charge in [-0.05, 0) is 39.0 Å². The Kier molecular flexibility index (Phi) is 6.82. The molecule has 1 aliphatic carbocycles. The van der Waals surface area contributed by atoms with Crippen LogP contribution in [-0.2, 0) is 14.3 Å². The van der Waals surface area contributed by atoms with Crippen LogP contribution in [0.5, 0.6) is 0 Å². The number of hydrogen-bond acceptors (Lipinski definition) is 6. The van der Waals surface area contributed by atoms with E-state index in [-0.39, 0.29) is 30.2 Å². The molecular weight excluding hydrogens is 338 g/mol. The number of primary amides is 1. The van der Waals surface area contributed by atoms with Crippen molar-refractivity contribution < 1.29 is 14.3 Å². The molecule has 134 valence electrons. The Bertz CT molecular complexity index is 676. The second-order valence-electron chi connectivity index (χ2n) is 6.14. The van der Waals surface area contributed by atoms with E-state index in [2.05, 4.69) is 23.2 Å². The molecule has 6 nitrogen and oxygen atoms in total. The molecule has 0 spiro atoms. The van der Waals surface area contributed by atoms with Crippen molar-refractivity contribution in [2.45, 2.75) is 33.1 Å². The van der Waals surface area contributed by atoms with Gasteiger partial charge in [-0.2, -0.15) is 5.26 Å². The van der Waals surface area contributed by atoms with E-state index in [1.54, 1.807) is 13.8 Å². The number of allylic oxidation sites excluding steroid dienone is 3. The predicted octanol–water partition coefficient (Wildman–Crippen LogP) is 2.57. The normalized spacial score (nSPS) is 26.0. The lowest BCUT2D eigenvalue weighted by molar-refractivity contribution is -0.147. The second kappa shape index (κ2) is 8.86. The second-order valence-corrected chi connectivity index (χ2v) is 7.10. The molecule has 1 amide bonds. The smallest absolute Gasteiger partial charge is 0.315 e. The van der Waals surface area contributed by atoms with Crippen LogP contribution in [0.2, 0.25) is 0 Å². The molecule has 3 atom stereocenters. The topological polar surface area (TPSA) is 106 Å². The van der Waals surface area contributed by atoms with Crippen LogP contribution in [0, 0.1) is 29.1 Å². The van der Waals surface area contributed by atoms with Gasteiger partial charge in [0, 0.05) is 11.6 Å². The highest BCUT2D eigenvalue weighted by molar-refractivity contribution is 8.03. The third-order valence-electron chi connectivity index (χ3n) is 4.48. The summed E-state index contributed by atoms with van der Waals surface area (Å²) in [6, 6.07) is 2.24. The van der Waals surface area contributed by atoms with Crippen molar-refractivity contribution in [3.8, 4) is 6.07 Å². The Morgan fingerprint density at radius 2 is 2.24 bits per heavy atom. The molecule has 0 radical (unpaired) electrons. The minimum Gasteiger partial charge on any atom is -0.465 e. The number of rotatable bonds is 6. The summed E-state index contributed by atoms with van der Waals surface area (Å²) in [6.45, 7) is 3.84. The fraction of sp³-hybridized carbons (Fsp3) is 0.556. The van der Waals surface area contributed by atoms with Crippen LogP contribution in [0.3, 0.4) is 0 Å². The van der Waals surface area contributed by atoms with Gasteiger partial charge in [0.1, 0.15) is 10.9 Å². The highest BCUT2D eigenvalue weighted by Gasteiger charge is 2.43. The number of esters is 1. The maximum absolute atomic E-state index is 12.6. The molecular formula is C18H23N3O3S. The molecule has 0 aromatic carbocycles. The van der Waals surface area contributed by atoms with Gasteiger partial charge < -0.3 is 10.5 Å². The lowest BCUT2D eigenvalue weighted by Crippen LogP contribution is -2.39. The van der Waals surface area contributed by atoms with Gasteiger partial charge in [0.15, 0.2) is 0 Å². The summed E-state index contributed by atoms with van der Waals surface area (Å²) in [7, 11) is 0. The minimum absolute atomic E-state index is 0.0542. The molecule has 2 aliphatic rings. The number of amides is 1. The number of carbonyl (C=O) groups excluding carboxylic acids is 2. The Balaban J connectivity index is 2.44. The third kappa shape index (κ3) is 4.51. The first-order valence-corrected chi connectivity index (χ1v) is 9.40. The lowest BCUT2D eigenvalue weighted by Gasteiger charge is -2.36. The summed E-state index contributed by atoms with van der Waals surface area (Å²) in [6.07, 6.45) is 6.87. The average Bonchev–Trinajstić information content (AvgIpc) is 2.60. The summed E-state index contributed by atoms with van der Waals surface area (Å²) in [5.41, 5.74) is 6.32.